The maximum absolute atomic E-state index is 12.6. The maximum atomic E-state index is 12.6. The number of carbonyl (C=O) groups excluding carboxylic acids is 2. The molecule has 1 fully saturated rings. The molecule has 142 valence electrons. The molecule has 4 nitrogen and oxygen atoms in total. The van der Waals surface area contributed by atoms with Gasteiger partial charge >= 0.3 is 0 Å². The number of aryl methyl sites for hydroxylation is 1. The van der Waals surface area contributed by atoms with E-state index >= 15 is 0 Å². The minimum Gasteiger partial charge on any atom is -0.352 e. The third-order valence-electron chi connectivity index (χ3n) is 5.02. The van der Waals surface area contributed by atoms with Gasteiger partial charge in [0.05, 0.1) is 11.8 Å². The smallest absolute Gasteiger partial charge is 0.228 e. The van der Waals surface area contributed by atoms with Gasteiger partial charge < -0.3 is 10.6 Å². The quantitative estimate of drug-likeness (QED) is 0.760. The first-order chi connectivity index (χ1) is 12.9. The zero-order valence-corrected chi connectivity index (χ0v) is 16.6. The predicted octanol–water partition coefficient (Wildman–Crippen LogP) is 4.66. The molecule has 0 spiro atoms. The van der Waals surface area contributed by atoms with Crippen molar-refractivity contribution in [3.8, 4) is 0 Å². The molecule has 0 aromatic heterocycles. The van der Waals surface area contributed by atoms with Crippen molar-refractivity contribution >= 4 is 29.1 Å². The average molecular weight is 385 g/mol. The topological polar surface area (TPSA) is 58.2 Å². The Kier molecular flexibility index (Phi) is 5.85. The number of rotatable bonds is 6. The maximum Gasteiger partial charge on any atom is 0.228 e. The molecule has 0 aliphatic heterocycles. The van der Waals surface area contributed by atoms with Crippen LogP contribution in [0, 0.1) is 18.8 Å². The molecule has 2 unspecified atom stereocenters. The Bertz CT molecular complexity index is 846. The Hall–Kier alpha value is -2.33. The van der Waals surface area contributed by atoms with Crippen LogP contribution < -0.4 is 10.6 Å². The number of amides is 2. The normalized spacial score (nSPS) is 18.3. The highest BCUT2D eigenvalue weighted by molar-refractivity contribution is 6.30. The van der Waals surface area contributed by atoms with Crippen LogP contribution in [0.1, 0.15) is 42.9 Å². The fourth-order valence-corrected chi connectivity index (χ4v) is 3.38. The Morgan fingerprint density at radius 1 is 1.07 bits per heavy atom. The van der Waals surface area contributed by atoms with Gasteiger partial charge in [0.25, 0.3) is 0 Å². The molecule has 2 amide bonds. The first kappa shape index (κ1) is 19.4. The van der Waals surface area contributed by atoms with Crippen molar-refractivity contribution in [2.45, 2.75) is 39.7 Å². The number of anilines is 1. The summed E-state index contributed by atoms with van der Waals surface area (Å²) >= 11 is 5.87. The first-order valence-electron chi connectivity index (χ1n) is 9.29. The van der Waals surface area contributed by atoms with E-state index in [4.69, 9.17) is 11.6 Å². The lowest BCUT2D eigenvalue weighted by atomic mass is 9.98. The number of nitrogens with one attached hydrogen (secondary N) is 2. The van der Waals surface area contributed by atoms with Crippen LogP contribution in [0.15, 0.2) is 42.5 Å². The van der Waals surface area contributed by atoms with Gasteiger partial charge in [-0.05, 0) is 48.1 Å². The number of halogens is 1. The molecule has 2 aromatic carbocycles. The van der Waals surface area contributed by atoms with Crippen LogP contribution in [0.3, 0.4) is 0 Å². The fourth-order valence-electron chi connectivity index (χ4n) is 3.26. The lowest BCUT2D eigenvalue weighted by molar-refractivity contribution is -0.125. The number of hydrogen-bond donors (Lipinski definition) is 2. The SMILES string of the molecule is Cc1cccc(C(C)C)c1NC(=O)C1CC1C(=O)NCc1ccc(Cl)cc1. The lowest BCUT2D eigenvalue weighted by Gasteiger charge is -2.16. The summed E-state index contributed by atoms with van der Waals surface area (Å²) < 4.78 is 0. The summed E-state index contributed by atoms with van der Waals surface area (Å²) in [7, 11) is 0. The predicted molar refractivity (Wildman–Crippen MR) is 109 cm³/mol. The monoisotopic (exact) mass is 384 g/mol. The molecule has 2 N–H and O–H groups in total. The molecule has 3 rings (SSSR count). The molecule has 0 heterocycles. The molecular weight excluding hydrogens is 360 g/mol. The van der Waals surface area contributed by atoms with Crippen LogP contribution in [0.4, 0.5) is 5.69 Å². The molecule has 0 saturated heterocycles. The molecule has 1 aliphatic rings. The standard InChI is InChI=1S/C22H25ClN2O2/c1-13(2)17-6-4-5-14(3)20(17)25-22(27)19-11-18(19)21(26)24-12-15-7-9-16(23)10-8-15/h4-10,13,18-19H,11-12H2,1-3H3,(H,24,26)(H,25,27). The largest absolute Gasteiger partial charge is 0.352 e. The zero-order valence-electron chi connectivity index (χ0n) is 15.9. The van der Waals surface area contributed by atoms with Gasteiger partial charge in [-0.3, -0.25) is 9.59 Å². The van der Waals surface area contributed by atoms with Gasteiger partial charge in [0.1, 0.15) is 0 Å². The van der Waals surface area contributed by atoms with Crippen molar-refractivity contribution in [2.75, 3.05) is 5.32 Å². The van der Waals surface area contributed by atoms with E-state index in [0.29, 0.717) is 23.9 Å². The second-order valence-electron chi connectivity index (χ2n) is 7.48. The van der Waals surface area contributed by atoms with Crippen molar-refractivity contribution < 1.29 is 9.59 Å². The summed E-state index contributed by atoms with van der Waals surface area (Å²) in [6.07, 6.45) is 0.598. The van der Waals surface area contributed by atoms with Crippen molar-refractivity contribution in [1.29, 1.82) is 0 Å². The molecule has 2 aromatic rings. The third-order valence-corrected chi connectivity index (χ3v) is 5.27. The Morgan fingerprint density at radius 3 is 2.41 bits per heavy atom. The van der Waals surface area contributed by atoms with E-state index in [9.17, 15) is 9.59 Å². The van der Waals surface area contributed by atoms with E-state index in [1.54, 1.807) is 12.1 Å². The van der Waals surface area contributed by atoms with Crippen LogP contribution in [0.25, 0.3) is 0 Å². The molecular formula is C22H25ClN2O2. The Balaban J connectivity index is 1.56. The first-order valence-corrected chi connectivity index (χ1v) is 9.67. The lowest BCUT2D eigenvalue weighted by Crippen LogP contribution is -2.27. The third kappa shape index (κ3) is 4.69. The van der Waals surface area contributed by atoms with Crippen LogP contribution in [-0.2, 0) is 16.1 Å². The molecule has 27 heavy (non-hydrogen) atoms. The molecule has 2 atom stereocenters. The van der Waals surface area contributed by atoms with Gasteiger partial charge in [-0.15, -0.1) is 0 Å². The van der Waals surface area contributed by atoms with Gasteiger partial charge in [-0.25, -0.2) is 0 Å². The van der Waals surface area contributed by atoms with Gasteiger partial charge in [-0.2, -0.15) is 0 Å². The van der Waals surface area contributed by atoms with Crippen LogP contribution >= 0.6 is 11.6 Å². The molecule has 5 heteroatoms. The minimum absolute atomic E-state index is 0.0704. The molecule has 1 aliphatic carbocycles. The number of benzene rings is 2. The second kappa shape index (κ2) is 8.13. The zero-order chi connectivity index (χ0) is 19.6. The van der Waals surface area contributed by atoms with E-state index in [0.717, 1.165) is 22.4 Å². The number of para-hydroxylation sites is 1. The summed E-state index contributed by atoms with van der Waals surface area (Å²) in [4.78, 5) is 25.0. The van der Waals surface area contributed by atoms with Gasteiger partial charge in [0.2, 0.25) is 11.8 Å². The van der Waals surface area contributed by atoms with E-state index < -0.39 is 0 Å². The molecule has 0 radical (unpaired) electrons. The van der Waals surface area contributed by atoms with Crippen molar-refractivity contribution in [3.05, 3.63) is 64.2 Å². The van der Waals surface area contributed by atoms with Crippen molar-refractivity contribution in [1.82, 2.24) is 5.32 Å². The van der Waals surface area contributed by atoms with Gasteiger partial charge in [0, 0.05) is 17.3 Å². The van der Waals surface area contributed by atoms with Crippen LogP contribution in [0.2, 0.25) is 5.02 Å². The van der Waals surface area contributed by atoms with Crippen LogP contribution in [-0.4, -0.2) is 11.8 Å². The van der Waals surface area contributed by atoms with Gasteiger partial charge in [0.15, 0.2) is 0 Å². The molecule has 0 bridgehead atoms. The summed E-state index contributed by atoms with van der Waals surface area (Å²) in [5.74, 6) is -0.326. The van der Waals surface area contributed by atoms with Crippen LogP contribution in [0.5, 0.6) is 0 Å². The fraction of sp³-hybridized carbons (Fsp3) is 0.364. The second-order valence-corrected chi connectivity index (χ2v) is 7.91. The summed E-state index contributed by atoms with van der Waals surface area (Å²) in [5.41, 5.74) is 4.02. The summed E-state index contributed by atoms with van der Waals surface area (Å²) in [6, 6.07) is 13.4. The van der Waals surface area contributed by atoms with E-state index in [2.05, 4.69) is 24.5 Å². The number of carbonyl (C=O) groups is 2. The average Bonchev–Trinajstić information content (AvgIpc) is 3.43. The highest BCUT2D eigenvalue weighted by Crippen LogP contribution is 2.40. The highest BCUT2D eigenvalue weighted by atomic mass is 35.5. The van der Waals surface area contributed by atoms with Crippen molar-refractivity contribution in [2.24, 2.45) is 11.8 Å². The number of hydrogen-bond acceptors (Lipinski definition) is 2. The van der Waals surface area contributed by atoms with Crippen molar-refractivity contribution in [3.63, 3.8) is 0 Å². The van der Waals surface area contributed by atoms with E-state index in [-0.39, 0.29) is 23.7 Å². The summed E-state index contributed by atoms with van der Waals surface area (Å²) in [6.45, 7) is 6.64. The summed E-state index contributed by atoms with van der Waals surface area (Å²) in [5, 5.41) is 6.63. The van der Waals surface area contributed by atoms with E-state index in [1.165, 1.54) is 0 Å². The van der Waals surface area contributed by atoms with Gasteiger partial charge in [-0.1, -0.05) is 55.8 Å². The highest BCUT2D eigenvalue weighted by Gasteiger charge is 2.48. The Labute approximate surface area is 165 Å². The Morgan fingerprint density at radius 2 is 1.74 bits per heavy atom. The minimum atomic E-state index is -0.255. The molecule has 1 saturated carbocycles. The van der Waals surface area contributed by atoms with E-state index in [1.807, 2.05) is 37.3 Å².